The Bertz CT molecular complexity index is 1310. The van der Waals surface area contributed by atoms with Gasteiger partial charge >= 0.3 is 0 Å². The van der Waals surface area contributed by atoms with E-state index >= 15 is 0 Å². The zero-order chi connectivity index (χ0) is 22.1. The summed E-state index contributed by atoms with van der Waals surface area (Å²) in [6.45, 7) is 4.05. The lowest BCUT2D eigenvalue weighted by Crippen LogP contribution is -2.31. The molecule has 32 heavy (non-hydrogen) atoms. The zero-order valence-electron chi connectivity index (χ0n) is 17.7. The van der Waals surface area contributed by atoms with Crippen LogP contribution >= 0.6 is 23.4 Å². The van der Waals surface area contributed by atoms with Gasteiger partial charge in [-0.1, -0.05) is 41.1 Å². The second-order valence-corrected chi connectivity index (χ2v) is 9.33. The Balaban J connectivity index is 1.47. The number of halogens is 1. The van der Waals surface area contributed by atoms with Gasteiger partial charge in [0.1, 0.15) is 5.65 Å². The Labute approximate surface area is 195 Å². The highest BCUT2D eigenvalue weighted by Gasteiger charge is 2.21. The second-order valence-electron chi connectivity index (χ2n) is 7.95. The first kappa shape index (κ1) is 21.0. The fourth-order valence-electron chi connectivity index (χ4n) is 3.91. The van der Waals surface area contributed by atoms with Gasteiger partial charge in [0.15, 0.2) is 5.16 Å². The van der Waals surface area contributed by atoms with Gasteiger partial charge < -0.3 is 4.90 Å². The first-order valence-corrected chi connectivity index (χ1v) is 12.0. The van der Waals surface area contributed by atoms with Gasteiger partial charge in [-0.2, -0.15) is 0 Å². The van der Waals surface area contributed by atoms with E-state index in [-0.39, 0.29) is 5.56 Å². The summed E-state index contributed by atoms with van der Waals surface area (Å²) in [5.74, 6) is 1.38. The van der Waals surface area contributed by atoms with Gasteiger partial charge in [-0.3, -0.25) is 13.8 Å². The number of aryl methyl sites for hydroxylation is 1. The van der Waals surface area contributed by atoms with Crippen LogP contribution < -0.4 is 10.5 Å². The first-order chi connectivity index (χ1) is 15.6. The average molecular weight is 467 g/mol. The number of hydrogen-bond donors (Lipinski definition) is 0. The quantitative estimate of drug-likeness (QED) is 0.403. The maximum atomic E-state index is 12.5. The standard InChI is InChI=1S/C23H23ClN6OS/c1-16-5-8-19(9-6-16)30-22(28-11-3-2-4-12-28)26-27-23(30)32-15-18-13-21(31)29-14-17(24)7-10-20(29)25-18/h5-10,13-14H,2-4,11-12,15H2,1H3. The Morgan fingerprint density at radius 3 is 2.59 bits per heavy atom. The molecule has 0 atom stereocenters. The van der Waals surface area contributed by atoms with Crippen molar-refractivity contribution in [3.05, 3.63) is 75.3 Å². The fourth-order valence-corrected chi connectivity index (χ4v) is 4.91. The third kappa shape index (κ3) is 4.25. The third-order valence-electron chi connectivity index (χ3n) is 5.57. The SMILES string of the molecule is Cc1ccc(-n2c(SCc3cc(=O)n4cc(Cl)ccc4n3)nnc2N2CCCCC2)cc1. The predicted molar refractivity (Wildman–Crippen MR) is 128 cm³/mol. The van der Waals surface area contributed by atoms with Crippen LogP contribution in [0.25, 0.3) is 11.3 Å². The summed E-state index contributed by atoms with van der Waals surface area (Å²) >= 11 is 7.54. The number of anilines is 1. The molecule has 1 fully saturated rings. The molecule has 0 bridgehead atoms. The Hall–Kier alpha value is -2.84. The monoisotopic (exact) mass is 466 g/mol. The predicted octanol–water partition coefficient (Wildman–Crippen LogP) is 4.52. The summed E-state index contributed by atoms with van der Waals surface area (Å²) in [7, 11) is 0. The normalized spacial score (nSPS) is 14.2. The molecule has 0 radical (unpaired) electrons. The van der Waals surface area contributed by atoms with Gasteiger partial charge in [-0.05, 0) is 50.5 Å². The van der Waals surface area contributed by atoms with Crippen LogP contribution in [0.15, 0.2) is 58.6 Å². The minimum atomic E-state index is -0.151. The average Bonchev–Trinajstić information content (AvgIpc) is 3.23. The molecular formula is C23H23ClN6OS. The van der Waals surface area contributed by atoms with Crippen LogP contribution in [0.2, 0.25) is 5.02 Å². The fraction of sp³-hybridized carbons (Fsp3) is 0.304. The topological polar surface area (TPSA) is 68.3 Å². The molecule has 4 aromatic rings. The summed E-state index contributed by atoms with van der Waals surface area (Å²) in [5, 5.41) is 10.3. The molecule has 0 N–H and O–H groups in total. The number of hydrogen-bond acceptors (Lipinski definition) is 6. The van der Waals surface area contributed by atoms with Crippen molar-refractivity contribution in [3.8, 4) is 5.69 Å². The van der Waals surface area contributed by atoms with E-state index in [1.807, 2.05) is 0 Å². The minimum Gasteiger partial charge on any atom is -0.341 e. The highest BCUT2D eigenvalue weighted by molar-refractivity contribution is 7.98. The number of nitrogens with zero attached hydrogens (tertiary/aromatic N) is 6. The summed E-state index contributed by atoms with van der Waals surface area (Å²) in [4.78, 5) is 19.4. The molecule has 1 aliphatic rings. The number of thioether (sulfide) groups is 1. The van der Waals surface area contributed by atoms with Crippen LogP contribution in [-0.2, 0) is 5.75 Å². The van der Waals surface area contributed by atoms with Gasteiger partial charge in [0.05, 0.1) is 16.4 Å². The number of fused-ring (bicyclic) bond motifs is 1. The molecule has 9 heteroatoms. The van der Waals surface area contributed by atoms with E-state index < -0.39 is 0 Å². The van der Waals surface area contributed by atoms with Gasteiger partial charge in [-0.15, -0.1) is 10.2 Å². The van der Waals surface area contributed by atoms with E-state index in [0.717, 1.165) is 42.7 Å². The van der Waals surface area contributed by atoms with E-state index in [1.54, 1.807) is 24.4 Å². The molecular weight excluding hydrogens is 444 g/mol. The molecule has 0 unspecified atom stereocenters. The van der Waals surface area contributed by atoms with Crippen molar-refractivity contribution in [3.63, 3.8) is 0 Å². The molecule has 0 aliphatic carbocycles. The van der Waals surface area contributed by atoms with E-state index in [2.05, 4.69) is 55.8 Å². The van der Waals surface area contributed by atoms with Crippen molar-refractivity contribution in [2.45, 2.75) is 37.1 Å². The maximum absolute atomic E-state index is 12.5. The van der Waals surface area contributed by atoms with Gasteiger partial charge in [-0.25, -0.2) is 4.98 Å². The Kier molecular flexibility index (Phi) is 5.89. The van der Waals surface area contributed by atoms with E-state index in [0.29, 0.717) is 22.1 Å². The zero-order valence-corrected chi connectivity index (χ0v) is 19.3. The van der Waals surface area contributed by atoms with Crippen molar-refractivity contribution in [1.82, 2.24) is 24.1 Å². The number of aromatic nitrogens is 5. The van der Waals surface area contributed by atoms with Crippen LogP contribution in [0.5, 0.6) is 0 Å². The van der Waals surface area contributed by atoms with Crippen LogP contribution in [-0.4, -0.2) is 37.2 Å². The molecule has 7 nitrogen and oxygen atoms in total. The number of rotatable bonds is 5. The van der Waals surface area contributed by atoms with E-state index in [1.165, 1.54) is 28.1 Å². The van der Waals surface area contributed by atoms with Crippen molar-refractivity contribution >= 4 is 35.0 Å². The van der Waals surface area contributed by atoms with E-state index in [4.69, 9.17) is 11.6 Å². The highest BCUT2D eigenvalue weighted by Crippen LogP contribution is 2.30. The lowest BCUT2D eigenvalue weighted by Gasteiger charge is -2.27. The Morgan fingerprint density at radius 2 is 1.81 bits per heavy atom. The van der Waals surface area contributed by atoms with Crippen LogP contribution in [0, 0.1) is 6.92 Å². The largest absolute Gasteiger partial charge is 0.341 e. The lowest BCUT2D eigenvalue weighted by atomic mass is 10.1. The molecule has 0 amide bonds. The van der Waals surface area contributed by atoms with Gasteiger partial charge in [0.2, 0.25) is 5.95 Å². The summed E-state index contributed by atoms with van der Waals surface area (Å²) < 4.78 is 3.57. The van der Waals surface area contributed by atoms with Crippen LogP contribution in [0.4, 0.5) is 5.95 Å². The summed E-state index contributed by atoms with van der Waals surface area (Å²) in [5.41, 5.74) is 3.36. The molecule has 164 valence electrons. The molecule has 4 heterocycles. The molecule has 0 saturated carbocycles. The van der Waals surface area contributed by atoms with Crippen LogP contribution in [0.3, 0.4) is 0 Å². The molecule has 3 aromatic heterocycles. The summed E-state index contributed by atoms with van der Waals surface area (Å²) in [6, 6.07) is 13.4. The second kappa shape index (κ2) is 8.96. The minimum absolute atomic E-state index is 0.151. The smallest absolute Gasteiger partial charge is 0.258 e. The molecule has 1 saturated heterocycles. The van der Waals surface area contributed by atoms with Gasteiger partial charge in [0, 0.05) is 31.1 Å². The third-order valence-corrected chi connectivity index (χ3v) is 6.76. The van der Waals surface area contributed by atoms with Crippen molar-refractivity contribution < 1.29 is 0 Å². The molecule has 0 spiro atoms. The maximum Gasteiger partial charge on any atom is 0.258 e. The number of pyridine rings is 1. The van der Waals surface area contributed by atoms with E-state index in [9.17, 15) is 4.79 Å². The number of piperidine rings is 1. The lowest BCUT2D eigenvalue weighted by molar-refractivity contribution is 0.564. The highest BCUT2D eigenvalue weighted by atomic mass is 35.5. The molecule has 1 aliphatic heterocycles. The van der Waals surface area contributed by atoms with Crippen molar-refractivity contribution in [1.29, 1.82) is 0 Å². The van der Waals surface area contributed by atoms with Crippen LogP contribution in [0.1, 0.15) is 30.5 Å². The Morgan fingerprint density at radius 1 is 1.03 bits per heavy atom. The molecule has 1 aromatic carbocycles. The molecule has 5 rings (SSSR count). The van der Waals surface area contributed by atoms with Crippen molar-refractivity contribution in [2.24, 2.45) is 0 Å². The first-order valence-electron chi connectivity index (χ1n) is 10.7. The van der Waals surface area contributed by atoms with Crippen molar-refractivity contribution in [2.75, 3.05) is 18.0 Å². The number of benzene rings is 1. The van der Waals surface area contributed by atoms with Gasteiger partial charge in [0.25, 0.3) is 5.56 Å². The summed E-state index contributed by atoms with van der Waals surface area (Å²) in [6.07, 6.45) is 5.17.